The summed E-state index contributed by atoms with van der Waals surface area (Å²) in [4.78, 5) is 0. The summed E-state index contributed by atoms with van der Waals surface area (Å²) in [7, 11) is 10.8. The molecule has 0 atom stereocenters. The minimum atomic E-state index is -1.88. The van der Waals surface area contributed by atoms with E-state index in [9.17, 15) is 0 Å². The Labute approximate surface area is 46.2 Å². The van der Waals surface area contributed by atoms with Crippen LogP contribution in [-0.2, 0) is 18.6 Å². The van der Waals surface area contributed by atoms with Crippen molar-refractivity contribution in [3.63, 3.8) is 0 Å². The van der Waals surface area contributed by atoms with Crippen molar-refractivity contribution in [3.05, 3.63) is 0 Å². The van der Waals surface area contributed by atoms with Crippen LogP contribution in [0.1, 0.15) is 6.92 Å². The van der Waals surface area contributed by atoms with Gasteiger partial charge in [0.2, 0.25) is 0 Å². The fourth-order valence-electron chi connectivity index (χ4n) is 0. The Balaban J connectivity index is 3.14. The molecule has 0 unspecified atom stereocenters. The molecule has 0 fully saturated rings. The van der Waals surface area contributed by atoms with Gasteiger partial charge in [-0.25, -0.2) is 0 Å². The van der Waals surface area contributed by atoms with Crippen LogP contribution in [0.25, 0.3) is 0 Å². The molecule has 0 aromatic heterocycles. The van der Waals surface area contributed by atoms with Crippen molar-refractivity contribution in [3.8, 4) is 0 Å². The molecule has 0 N–H and O–H groups in total. The Morgan fingerprint density at radius 2 is 1.80 bits per heavy atom. The molecule has 0 bridgehead atoms. The first kappa shape index (κ1) is 6.32. The first-order chi connectivity index (χ1) is 2.27. The monoisotopic (exact) mass is 278 g/mol. The van der Waals surface area contributed by atoms with E-state index in [0.717, 1.165) is 0 Å². The van der Waals surface area contributed by atoms with E-state index in [1.54, 1.807) is 0 Å². The van der Waals surface area contributed by atoms with E-state index in [0.29, 0.717) is 0 Å². The SMILES string of the molecule is C[CH]=[Hf]([Cl])[Cl]. The average Bonchev–Trinajstić information content (AvgIpc) is 1.38. The van der Waals surface area contributed by atoms with Crippen LogP contribution in [0.3, 0.4) is 0 Å². The van der Waals surface area contributed by atoms with Gasteiger partial charge in [0, 0.05) is 0 Å². The van der Waals surface area contributed by atoms with E-state index in [1.165, 1.54) is 0 Å². The van der Waals surface area contributed by atoms with E-state index >= 15 is 0 Å². The Hall–Kier alpha value is 1.32. The van der Waals surface area contributed by atoms with Crippen molar-refractivity contribution >= 4 is 20.9 Å². The molecule has 0 heterocycles. The topological polar surface area (TPSA) is 0 Å². The molecule has 0 rings (SSSR count). The summed E-state index contributed by atoms with van der Waals surface area (Å²) in [6.07, 6.45) is 0. The maximum absolute atomic E-state index is 5.39. The van der Waals surface area contributed by atoms with E-state index in [1.807, 2.05) is 10.7 Å². The molecule has 3 heteroatoms. The summed E-state index contributed by atoms with van der Waals surface area (Å²) < 4.78 is 1.91. The molecule has 0 nitrogen and oxygen atoms in total. The van der Waals surface area contributed by atoms with Crippen LogP contribution in [0.5, 0.6) is 0 Å². The second-order valence-corrected chi connectivity index (χ2v) is 13.0. The number of halogens is 2. The molecule has 30 valence electrons. The van der Waals surface area contributed by atoms with Crippen molar-refractivity contribution in [2.24, 2.45) is 0 Å². The third-order valence-electron chi connectivity index (χ3n) is 0.218. The Bertz CT molecular complexity index is 45.6. The Morgan fingerprint density at radius 1 is 1.60 bits per heavy atom. The van der Waals surface area contributed by atoms with E-state index < -0.39 is 18.6 Å². The van der Waals surface area contributed by atoms with E-state index in [2.05, 4.69) is 0 Å². The molecule has 0 saturated heterocycles. The van der Waals surface area contributed by atoms with Gasteiger partial charge < -0.3 is 0 Å². The Morgan fingerprint density at radius 3 is 1.80 bits per heavy atom. The zero-order valence-electron chi connectivity index (χ0n) is 2.83. The first-order valence-electron chi connectivity index (χ1n) is 1.24. The number of hydrogen-bond donors (Lipinski definition) is 0. The summed E-state index contributed by atoms with van der Waals surface area (Å²) in [6.45, 7) is 1.90. The molecule has 0 aliphatic rings. The van der Waals surface area contributed by atoms with E-state index in [4.69, 9.17) is 17.2 Å². The molecular weight excluding hydrogens is 273 g/mol. The van der Waals surface area contributed by atoms with Gasteiger partial charge in [0.05, 0.1) is 0 Å². The van der Waals surface area contributed by atoms with Crippen LogP contribution in [0.15, 0.2) is 0 Å². The van der Waals surface area contributed by atoms with Crippen molar-refractivity contribution in [2.75, 3.05) is 0 Å². The molecule has 0 aromatic carbocycles. The van der Waals surface area contributed by atoms with Gasteiger partial charge in [-0.3, -0.25) is 0 Å². The third-order valence-corrected chi connectivity index (χ3v) is 5.36. The van der Waals surface area contributed by atoms with Gasteiger partial charge in [-0.1, -0.05) is 0 Å². The molecule has 0 aliphatic heterocycles. The molecule has 0 aliphatic carbocycles. The van der Waals surface area contributed by atoms with Crippen LogP contribution in [0.4, 0.5) is 0 Å². The zero-order chi connectivity index (χ0) is 4.28. The summed E-state index contributed by atoms with van der Waals surface area (Å²) in [5.74, 6) is 0. The average molecular weight is 277 g/mol. The van der Waals surface area contributed by atoms with Crippen molar-refractivity contribution in [1.82, 2.24) is 0 Å². The quantitative estimate of drug-likeness (QED) is 0.592. The Kier molecular flexibility index (Phi) is 4.43. The zero-order valence-corrected chi connectivity index (χ0v) is 7.94. The molecule has 0 saturated carbocycles. The van der Waals surface area contributed by atoms with Crippen LogP contribution >= 0.6 is 17.2 Å². The maximum atomic E-state index is 5.39. The van der Waals surface area contributed by atoms with Gasteiger partial charge in [-0.05, 0) is 0 Å². The standard InChI is InChI=1S/C2H4.2ClH.Hf/c1-2;;;/h1H,2H3;2*1H;/q;;;+2/p-2. The van der Waals surface area contributed by atoms with Crippen LogP contribution < -0.4 is 0 Å². The van der Waals surface area contributed by atoms with Crippen molar-refractivity contribution in [2.45, 2.75) is 6.92 Å². The van der Waals surface area contributed by atoms with Crippen LogP contribution in [-0.4, -0.2) is 3.76 Å². The molecule has 0 aromatic rings. The van der Waals surface area contributed by atoms with Gasteiger partial charge in [-0.15, -0.1) is 0 Å². The van der Waals surface area contributed by atoms with Gasteiger partial charge >= 0.3 is 46.4 Å². The number of hydrogen-bond acceptors (Lipinski definition) is 0. The summed E-state index contributed by atoms with van der Waals surface area (Å²) in [5, 5.41) is 0. The fourth-order valence-corrected chi connectivity index (χ4v) is 0. The van der Waals surface area contributed by atoms with Crippen LogP contribution in [0, 0.1) is 0 Å². The normalized spacial score (nSPS) is 7.00. The molecule has 0 spiro atoms. The molecular formula is C2H4Cl2Hf. The summed E-state index contributed by atoms with van der Waals surface area (Å²) in [5.41, 5.74) is 0. The van der Waals surface area contributed by atoms with Crippen molar-refractivity contribution < 1.29 is 18.6 Å². The van der Waals surface area contributed by atoms with E-state index in [-0.39, 0.29) is 0 Å². The summed E-state index contributed by atoms with van der Waals surface area (Å²) in [6, 6.07) is 0. The minimum absolute atomic E-state index is 1.88. The third kappa shape index (κ3) is 5.32. The predicted molar refractivity (Wildman–Crippen MR) is 23.4 cm³/mol. The molecule has 0 amide bonds. The fraction of sp³-hybridized carbons (Fsp3) is 0.500. The van der Waals surface area contributed by atoms with Crippen molar-refractivity contribution in [1.29, 1.82) is 0 Å². The summed E-state index contributed by atoms with van der Waals surface area (Å²) >= 11 is -1.88. The predicted octanol–water partition coefficient (Wildman–Crippen LogP) is 1.73. The van der Waals surface area contributed by atoms with Gasteiger partial charge in [-0.2, -0.15) is 0 Å². The van der Waals surface area contributed by atoms with Gasteiger partial charge in [0.1, 0.15) is 0 Å². The molecule has 5 heavy (non-hydrogen) atoms. The van der Waals surface area contributed by atoms with Gasteiger partial charge in [0.25, 0.3) is 0 Å². The second kappa shape index (κ2) is 3.51. The first-order valence-corrected chi connectivity index (χ1v) is 12.2. The van der Waals surface area contributed by atoms with Gasteiger partial charge in [0.15, 0.2) is 0 Å². The number of rotatable bonds is 0. The van der Waals surface area contributed by atoms with Crippen LogP contribution in [0.2, 0.25) is 0 Å². The molecule has 0 radical (unpaired) electrons. The second-order valence-electron chi connectivity index (χ2n) is 0.578.